The predicted molar refractivity (Wildman–Crippen MR) is 53.0 cm³/mol. The molecule has 13 heavy (non-hydrogen) atoms. The third-order valence-corrected chi connectivity index (χ3v) is 2.32. The zero-order chi connectivity index (χ0) is 10.0. The summed E-state index contributed by atoms with van der Waals surface area (Å²) >= 11 is 0. The lowest BCUT2D eigenvalue weighted by Gasteiger charge is -2.09. The van der Waals surface area contributed by atoms with Crippen molar-refractivity contribution < 1.29 is 0 Å². The van der Waals surface area contributed by atoms with E-state index in [0.717, 1.165) is 18.1 Å². The van der Waals surface area contributed by atoms with Crippen molar-refractivity contribution in [2.45, 2.75) is 46.0 Å². The molecule has 1 atom stereocenters. The van der Waals surface area contributed by atoms with Crippen LogP contribution in [0.25, 0.3) is 0 Å². The molecule has 1 heterocycles. The van der Waals surface area contributed by atoms with E-state index < -0.39 is 0 Å². The molecule has 0 aliphatic heterocycles. The number of hydrogen-bond acceptors (Lipinski definition) is 3. The van der Waals surface area contributed by atoms with Crippen molar-refractivity contribution in [3.05, 3.63) is 11.6 Å². The van der Waals surface area contributed by atoms with Gasteiger partial charge in [-0.05, 0) is 6.42 Å². The number of aromatic nitrogens is 3. The van der Waals surface area contributed by atoms with Crippen LogP contribution in [0.2, 0.25) is 0 Å². The fourth-order valence-electron chi connectivity index (χ4n) is 1.23. The molecule has 0 aliphatic rings. The van der Waals surface area contributed by atoms with Gasteiger partial charge in [0.15, 0.2) is 11.6 Å². The molecule has 2 N–H and O–H groups in total. The van der Waals surface area contributed by atoms with Crippen LogP contribution in [0.3, 0.4) is 0 Å². The molecule has 0 aliphatic carbocycles. The average molecular weight is 182 g/mol. The second kappa shape index (κ2) is 3.77. The van der Waals surface area contributed by atoms with Gasteiger partial charge in [-0.15, -0.1) is 10.2 Å². The molecule has 0 fully saturated rings. The van der Waals surface area contributed by atoms with Crippen LogP contribution in [-0.2, 0) is 0 Å². The molecule has 4 nitrogen and oxygen atoms in total. The van der Waals surface area contributed by atoms with Crippen LogP contribution in [0.5, 0.6) is 0 Å². The van der Waals surface area contributed by atoms with Crippen LogP contribution in [0.1, 0.15) is 57.6 Å². The van der Waals surface area contributed by atoms with E-state index in [9.17, 15) is 0 Å². The minimum absolute atomic E-state index is 0.329. The summed E-state index contributed by atoms with van der Waals surface area (Å²) < 4.78 is 1.62. The zero-order valence-electron chi connectivity index (χ0n) is 8.78. The number of rotatable bonds is 3. The lowest BCUT2D eigenvalue weighted by Crippen LogP contribution is -2.18. The van der Waals surface area contributed by atoms with Gasteiger partial charge >= 0.3 is 0 Å². The average Bonchev–Trinajstić information content (AvgIpc) is 2.46. The smallest absolute Gasteiger partial charge is 0.154 e. The van der Waals surface area contributed by atoms with Crippen molar-refractivity contribution in [3.63, 3.8) is 0 Å². The van der Waals surface area contributed by atoms with Crippen LogP contribution < -0.4 is 5.84 Å². The highest BCUT2D eigenvalue weighted by atomic mass is 15.4. The molecule has 0 saturated heterocycles. The summed E-state index contributed by atoms with van der Waals surface area (Å²) in [5.74, 6) is 8.32. The van der Waals surface area contributed by atoms with Gasteiger partial charge in [-0.2, -0.15) is 0 Å². The number of nitrogen functional groups attached to an aromatic ring is 1. The summed E-state index contributed by atoms with van der Waals surface area (Å²) in [6, 6.07) is 0. The molecule has 0 bridgehead atoms. The molecule has 1 rings (SSSR count). The van der Waals surface area contributed by atoms with E-state index in [4.69, 9.17) is 5.84 Å². The molecular weight excluding hydrogens is 164 g/mol. The number of nitrogens with two attached hydrogens (primary N) is 1. The maximum Gasteiger partial charge on any atom is 0.154 e. The van der Waals surface area contributed by atoms with Gasteiger partial charge in [0.2, 0.25) is 0 Å². The van der Waals surface area contributed by atoms with E-state index in [0.29, 0.717) is 11.8 Å². The Morgan fingerprint density at radius 1 is 1.23 bits per heavy atom. The van der Waals surface area contributed by atoms with Crippen molar-refractivity contribution in [3.8, 4) is 0 Å². The molecule has 1 aromatic heterocycles. The third-order valence-electron chi connectivity index (χ3n) is 2.32. The van der Waals surface area contributed by atoms with E-state index in [1.54, 1.807) is 4.68 Å². The fourth-order valence-corrected chi connectivity index (χ4v) is 1.23. The normalized spacial score (nSPS) is 13.6. The monoisotopic (exact) mass is 182 g/mol. The molecule has 1 aromatic rings. The van der Waals surface area contributed by atoms with E-state index in [1.807, 2.05) is 0 Å². The SMILES string of the molecule is CCC(C)c1nnc(C(C)C)n1N. The van der Waals surface area contributed by atoms with Crippen LogP contribution in [0.4, 0.5) is 0 Å². The Hall–Kier alpha value is -1.06. The standard InChI is InChI=1S/C9H18N4/c1-5-7(4)9-12-11-8(6(2)3)13(9)10/h6-7H,5,10H2,1-4H3. The first-order valence-corrected chi connectivity index (χ1v) is 4.78. The number of hydrogen-bond donors (Lipinski definition) is 1. The van der Waals surface area contributed by atoms with Crippen LogP contribution in [-0.4, -0.2) is 14.9 Å². The van der Waals surface area contributed by atoms with Crippen LogP contribution in [0.15, 0.2) is 0 Å². The van der Waals surface area contributed by atoms with Crippen LogP contribution in [0, 0.1) is 0 Å². The molecule has 74 valence electrons. The molecule has 0 aromatic carbocycles. The molecule has 0 radical (unpaired) electrons. The van der Waals surface area contributed by atoms with E-state index in [2.05, 4.69) is 37.9 Å². The topological polar surface area (TPSA) is 56.7 Å². The van der Waals surface area contributed by atoms with Crippen molar-refractivity contribution in [1.29, 1.82) is 0 Å². The van der Waals surface area contributed by atoms with Crippen molar-refractivity contribution >= 4 is 0 Å². The Bertz CT molecular complexity index is 277. The molecule has 0 spiro atoms. The second-order valence-electron chi connectivity index (χ2n) is 3.75. The van der Waals surface area contributed by atoms with Crippen molar-refractivity contribution in [2.75, 3.05) is 5.84 Å². The van der Waals surface area contributed by atoms with E-state index in [1.165, 1.54) is 0 Å². The van der Waals surface area contributed by atoms with Gasteiger partial charge in [-0.3, -0.25) is 0 Å². The fraction of sp³-hybridized carbons (Fsp3) is 0.778. The quantitative estimate of drug-likeness (QED) is 0.723. The van der Waals surface area contributed by atoms with E-state index >= 15 is 0 Å². The van der Waals surface area contributed by atoms with E-state index in [-0.39, 0.29) is 0 Å². The second-order valence-corrected chi connectivity index (χ2v) is 3.75. The van der Waals surface area contributed by atoms with Crippen molar-refractivity contribution in [2.24, 2.45) is 0 Å². The molecule has 4 heteroatoms. The van der Waals surface area contributed by atoms with Gasteiger partial charge in [0.05, 0.1) is 0 Å². The van der Waals surface area contributed by atoms with Crippen molar-refractivity contribution in [1.82, 2.24) is 14.9 Å². The highest BCUT2D eigenvalue weighted by molar-refractivity contribution is 5.03. The highest BCUT2D eigenvalue weighted by Crippen LogP contribution is 2.18. The van der Waals surface area contributed by atoms with Crippen LogP contribution >= 0.6 is 0 Å². The Morgan fingerprint density at radius 3 is 2.15 bits per heavy atom. The maximum absolute atomic E-state index is 5.87. The molecule has 0 amide bonds. The lowest BCUT2D eigenvalue weighted by molar-refractivity contribution is 0.638. The van der Waals surface area contributed by atoms with Gasteiger partial charge < -0.3 is 5.84 Å². The first-order chi connectivity index (χ1) is 6.07. The molecule has 1 unspecified atom stereocenters. The summed E-state index contributed by atoms with van der Waals surface area (Å²) in [7, 11) is 0. The van der Waals surface area contributed by atoms with Gasteiger partial charge in [0.25, 0.3) is 0 Å². The largest absolute Gasteiger partial charge is 0.336 e. The summed E-state index contributed by atoms with van der Waals surface area (Å²) in [6.07, 6.45) is 1.04. The minimum atomic E-state index is 0.329. The number of nitrogens with zero attached hydrogens (tertiary/aromatic N) is 3. The summed E-state index contributed by atoms with van der Waals surface area (Å²) in [6.45, 7) is 8.35. The Labute approximate surface area is 79.1 Å². The maximum atomic E-state index is 5.87. The van der Waals surface area contributed by atoms with Gasteiger partial charge in [0, 0.05) is 11.8 Å². The summed E-state index contributed by atoms with van der Waals surface area (Å²) in [5.41, 5.74) is 0. The Kier molecular flexibility index (Phi) is 2.90. The Balaban J connectivity index is 2.99. The summed E-state index contributed by atoms with van der Waals surface area (Å²) in [5, 5.41) is 8.17. The minimum Gasteiger partial charge on any atom is -0.336 e. The van der Waals surface area contributed by atoms with Gasteiger partial charge in [0.1, 0.15) is 0 Å². The van der Waals surface area contributed by atoms with Gasteiger partial charge in [-0.1, -0.05) is 27.7 Å². The molecule has 0 saturated carbocycles. The summed E-state index contributed by atoms with van der Waals surface area (Å²) in [4.78, 5) is 0. The van der Waals surface area contributed by atoms with Gasteiger partial charge in [-0.25, -0.2) is 4.68 Å². The predicted octanol–water partition coefficient (Wildman–Crippen LogP) is 1.63. The Morgan fingerprint density at radius 2 is 1.77 bits per heavy atom. The first-order valence-electron chi connectivity index (χ1n) is 4.78. The molecular formula is C9H18N4. The lowest BCUT2D eigenvalue weighted by atomic mass is 10.1. The first kappa shape index (κ1) is 10.0. The zero-order valence-corrected chi connectivity index (χ0v) is 8.78. The highest BCUT2D eigenvalue weighted by Gasteiger charge is 2.16. The third kappa shape index (κ3) is 1.82.